The Morgan fingerprint density at radius 2 is 1.77 bits per heavy atom. The summed E-state index contributed by atoms with van der Waals surface area (Å²) in [6, 6.07) is 14.1. The van der Waals surface area contributed by atoms with Crippen LogP contribution in [-0.2, 0) is 11.2 Å². The molecule has 0 fully saturated rings. The summed E-state index contributed by atoms with van der Waals surface area (Å²) in [7, 11) is 0. The maximum absolute atomic E-state index is 11.3. The second-order valence-corrected chi connectivity index (χ2v) is 4.69. The van der Waals surface area contributed by atoms with E-state index in [0.29, 0.717) is 5.75 Å². The molecule has 0 saturated carbocycles. The summed E-state index contributed by atoms with van der Waals surface area (Å²) in [5, 5.41) is 15.2. The molecule has 0 atom stereocenters. The Labute approximate surface area is 129 Å². The molecule has 4 heteroatoms. The highest BCUT2D eigenvalue weighted by atomic mass is 16.5. The molecule has 4 nitrogen and oxygen atoms in total. The van der Waals surface area contributed by atoms with E-state index in [4.69, 9.17) is 14.9 Å². The molecule has 0 aromatic heterocycles. The van der Waals surface area contributed by atoms with Gasteiger partial charge in [0.1, 0.15) is 5.75 Å². The molecule has 2 N–H and O–H groups in total. The first-order valence-corrected chi connectivity index (χ1v) is 6.97. The second-order valence-electron chi connectivity index (χ2n) is 4.69. The Hall–Kier alpha value is -2.43. The van der Waals surface area contributed by atoms with Crippen LogP contribution in [0.2, 0.25) is 0 Å². The largest absolute Gasteiger partial charge is 0.423 e. The lowest BCUT2D eigenvalue weighted by Crippen LogP contribution is -2.04. The number of carbonyl (C=O) groups is 1. The summed E-state index contributed by atoms with van der Waals surface area (Å²) in [6.07, 6.45) is 1.99. The van der Waals surface area contributed by atoms with E-state index >= 15 is 0 Å². The molecule has 0 heterocycles. The van der Waals surface area contributed by atoms with E-state index in [9.17, 15) is 4.79 Å². The van der Waals surface area contributed by atoms with Crippen LogP contribution in [-0.4, -0.2) is 29.4 Å². The van der Waals surface area contributed by atoms with Gasteiger partial charge in [-0.1, -0.05) is 43.0 Å². The summed E-state index contributed by atoms with van der Waals surface area (Å²) in [5.41, 5.74) is 4.73. The van der Waals surface area contributed by atoms with Crippen molar-refractivity contribution in [2.24, 2.45) is 0 Å². The molecule has 1 aliphatic rings. The van der Waals surface area contributed by atoms with Crippen molar-refractivity contribution in [1.29, 1.82) is 0 Å². The number of carbonyl (C=O) groups excluding carboxylic acids is 1. The first-order valence-electron chi connectivity index (χ1n) is 6.97. The van der Waals surface area contributed by atoms with E-state index < -0.39 is 5.97 Å². The topological polar surface area (TPSA) is 66.8 Å². The molecule has 22 heavy (non-hydrogen) atoms. The van der Waals surface area contributed by atoms with E-state index in [2.05, 4.69) is 24.8 Å². The summed E-state index contributed by atoms with van der Waals surface area (Å²) >= 11 is 0. The average molecular weight is 298 g/mol. The summed E-state index contributed by atoms with van der Waals surface area (Å²) in [5.74, 6) is 0.216. The molecular formula is C18H18O4. The predicted molar refractivity (Wildman–Crippen MR) is 84.7 cm³/mol. The van der Waals surface area contributed by atoms with Gasteiger partial charge in [0.25, 0.3) is 0 Å². The molecule has 2 aromatic carbocycles. The number of benzene rings is 2. The Balaban J connectivity index is 0.000000396. The van der Waals surface area contributed by atoms with Crippen molar-refractivity contribution in [2.75, 3.05) is 13.2 Å². The zero-order chi connectivity index (χ0) is 15.9. The van der Waals surface area contributed by atoms with Gasteiger partial charge in [0, 0.05) is 18.1 Å². The van der Waals surface area contributed by atoms with Gasteiger partial charge in [-0.2, -0.15) is 0 Å². The van der Waals surface area contributed by atoms with Crippen LogP contribution in [0.4, 0.5) is 0 Å². The minimum atomic E-state index is -0.417. The molecule has 0 radical (unpaired) electrons. The van der Waals surface area contributed by atoms with Gasteiger partial charge in [0.05, 0.1) is 13.2 Å². The second kappa shape index (κ2) is 7.54. The van der Waals surface area contributed by atoms with E-state index in [1.807, 2.05) is 24.3 Å². The van der Waals surface area contributed by atoms with Crippen LogP contribution < -0.4 is 4.74 Å². The lowest BCUT2D eigenvalue weighted by Gasteiger charge is -2.07. The molecule has 0 saturated heterocycles. The fraction of sp³-hybridized carbons (Fsp3) is 0.167. The Morgan fingerprint density at radius 3 is 2.45 bits per heavy atom. The van der Waals surface area contributed by atoms with E-state index in [1.165, 1.54) is 17.2 Å². The van der Waals surface area contributed by atoms with Crippen LogP contribution in [0.3, 0.4) is 0 Å². The number of hydrogen-bond donors (Lipinski definition) is 2. The standard InChI is InChI=1S/C16H12O2.C2H6O2/c1-2-16(17)18-15-9-5-8-13-12-7-4-3-6-11(12)10-14(13)15;3-1-2-4/h2-9H,1,10H2;3-4H,1-2H2. The fourth-order valence-electron chi connectivity index (χ4n) is 2.37. The van der Waals surface area contributed by atoms with Gasteiger partial charge in [-0.15, -0.1) is 0 Å². The number of esters is 1. The third-order valence-electron chi connectivity index (χ3n) is 3.29. The summed E-state index contributed by atoms with van der Waals surface area (Å²) in [4.78, 5) is 11.3. The van der Waals surface area contributed by atoms with Gasteiger partial charge in [-0.3, -0.25) is 0 Å². The van der Waals surface area contributed by atoms with Crippen molar-refractivity contribution < 1.29 is 19.7 Å². The smallest absolute Gasteiger partial charge is 0.335 e. The van der Waals surface area contributed by atoms with Gasteiger partial charge < -0.3 is 14.9 Å². The molecule has 0 amide bonds. The van der Waals surface area contributed by atoms with E-state index in [0.717, 1.165) is 17.5 Å². The van der Waals surface area contributed by atoms with E-state index in [1.54, 1.807) is 0 Å². The van der Waals surface area contributed by atoms with Crippen molar-refractivity contribution in [3.8, 4) is 16.9 Å². The molecule has 0 aliphatic heterocycles. The first-order chi connectivity index (χ1) is 10.7. The minimum absolute atomic E-state index is 0.125. The lowest BCUT2D eigenvalue weighted by molar-refractivity contribution is -0.129. The SMILES string of the molecule is C=CC(=O)Oc1cccc2c1Cc1ccccc1-2.OCCO. The molecule has 0 bridgehead atoms. The number of ether oxygens (including phenoxy) is 1. The molecule has 114 valence electrons. The Kier molecular flexibility index (Phi) is 5.47. The Morgan fingerprint density at radius 1 is 1.09 bits per heavy atom. The van der Waals surface area contributed by atoms with Crippen LogP contribution in [0, 0.1) is 0 Å². The van der Waals surface area contributed by atoms with E-state index in [-0.39, 0.29) is 13.2 Å². The molecule has 3 rings (SSSR count). The van der Waals surface area contributed by atoms with Crippen molar-refractivity contribution in [2.45, 2.75) is 6.42 Å². The van der Waals surface area contributed by atoms with Crippen LogP contribution in [0.5, 0.6) is 5.75 Å². The van der Waals surface area contributed by atoms with Crippen molar-refractivity contribution in [3.63, 3.8) is 0 Å². The first kappa shape index (κ1) is 15.9. The maximum atomic E-state index is 11.3. The van der Waals surface area contributed by atoms with Gasteiger partial charge in [0.2, 0.25) is 0 Å². The number of hydrogen-bond acceptors (Lipinski definition) is 4. The molecule has 0 spiro atoms. The number of fused-ring (bicyclic) bond motifs is 3. The number of aliphatic hydroxyl groups excluding tert-OH is 2. The summed E-state index contributed by atoms with van der Waals surface area (Å²) in [6.45, 7) is 3.17. The third kappa shape index (κ3) is 3.42. The lowest BCUT2D eigenvalue weighted by atomic mass is 10.1. The predicted octanol–water partition coefficient (Wildman–Crippen LogP) is 2.32. The van der Waals surface area contributed by atoms with Gasteiger partial charge in [-0.25, -0.2) is 4.79 Å². The molecule has 2 aromatic rings. The van der Waals surface area contributed by atoms with Gasteiger partial charge in [-0.05, 0) is 22.8 Å². The van der Waals surface area contributed by atoms with Crippen molar-refractivity contribution >= 4 is 5.97 Å². The van der Waals surface area contributed by atoms with Crippen LogP contribution in [0.25, 0.3) is 11.1 Å². The monoisotopic (exact) mass is 298 g/mol. The van der Waals surface area contributed by atoms with Gasteiger partial charge >= 0.3 is 5.97 Å². The quantitative estimate of drug-likeness (QED) is 0.442. The zero-order valence-corrected chi connectivity index (χ0v) is 12.2. The maximum Gasteiger partial charge on any atom is 0.335 e. The normalized spacial score (nSPS) is 10.8. The minimum Gasteiger partial charge on any atom is -0.423 e. The van der Waals surface area contributed by atoms with Crippen LogP contribution >= 0.6 is 0 Å². The van der Waals surface area contributed by atoms with Crippen molar-refractivity contribution in [1.82, 2.24) is 0 Å². The average Bonchev–Trinajstić information content (AvgIpc) is 2.95. The van der Waals surface area contributed by atoms with Crippen LogP contribution in [0.15, 0.2) is 55.1 Å². The molecular weight excluding hydrogens is 280 g/mol. The number of aliphatic hydroxyl groups is 2. The Bertz CT molecular complexity index is 675. The summed E-state index contributed by atoms with van der Waals surface area (Å²) < 4.78 is 5.28. The molecule has 0 unspecified atom stereocenters. The van der Waals surface area contributed by atoms with Gasteiger partial charge in [0.15, 0.2) is 0 Å². The highest BCUT2D eigenvalue weighted by molar-refractivity contribution is 5.85. The zero-order valence-electron chi connectivity index (χ0n) is 12.2. The fourth-order valence-corrected chi connectivity index (χ4v) is 2.37. The van der Waals surface area contributed by atoms with Crippen molar-refractivity contribution in [3.05, 3.63) is 66.2 Å². The highest BCUT2D eigenvalue weighted by Gasteiger charge is 2.21. The molecule has 1 aliphatic carbocycles. The number of rotatable bonds is 3. The third-order valence-corrected chi connectivity index (χ3v) is 3.29. The highest BCUT2D eigenvalue weighted by Crippen LogP contribution is 2.40. The van der Waals surface area contributed by atoms with Crippen LogP contribution in [0.1, 0.15) is 11.1 Å².